The molecule has 0 unspecified atom stereocenters. The average Bonchev–Trinajstić information content (AvgIpc) is 3.39. The molecule has 0 aliphatic rings. The Labute approximate surface area is 467 Å². The third-order valence-corrected chi connectivity index (χ3v) is 12.1. The van der Waals surface area contributed by atoms with Crippen LogP contribution in [0.5, 0.6) is 0 Å². The number of amides is 10. The van der Waals surface area contributed by atoms with E-state index in [9.17, 15) is 47.9 Å². The molecule has 0 saturated carbocycles. The lowest BCUT2D eigenvalue weighted by Crippen LogP contribution is -2.61. The molecule has 0 saturated heterocycles. The molecule has 2 aromatic rings. The van der Waals surface area contributed by atoms with Crippen LogP contribution in [0.3, 0.4) is 0 Å². The number of primary amides is 1. The van der Waals surface area contributed by atoms with Gasteiger partial charge in [0.1, 0.15) is 42.3 Å². The Morgan fingerprint density at radius 2 is 0.875 bits per heavy atom. The monoisotopic (exact) mass is 1120 g/mol. The highest BCUT2D eigenvalue weighted by atomic mass is 16.2. The van der Waals surface area contributed by atoms with Gasteiger partial charge in [0, 0.05) is 32.9 Å². The fourth-order valence-corrected chi connectivity index (χ4v) is 8.06. The van der Waals surface area contributed by atoms with Crippen LogP contribution in [-0.2, 0) is 60.8 Å². The van der Waals surface area contributed by atoms with Crippen molar-refractivity contribution in [3.05, 3.63) is 71.8 Å². The standard InChI is InChI=1S/C53H85N17O10/c1-31(2)26-39(48(77)67-38(20-12-13-23-54)47(76)63-29-42(72)65-36(45(55)74)21-14-24-60-52(56)57)69-51(80)44(32(3)4)70-50(79)41(28-35-18-10-7-11-19-35)68-49(78)40(27-34-16-8-6-9-17-34)66-43(73)30-62-46(75)37(64-33(5)71)22-15-25-61-53(58)59/h6-11,16-19,31-32,36-41,44H,12-15,20-30,54H2,1-5H3,(H2,55,74)(H,62,75)(H,63,76)(H,64,71)(H,65,72)(H,66,73)(H,67,77)(H,68,78)(H,69,80)(H,70,79)(H4,56,57,60)(H4,58,59,61)/t36-,37-,38-,39+,40-,41-,44-/m0/s1. The number of rotatable bonds is 37. The molecule has 2 rings (SSSR count). The maximum Gasteiger partial charge on any atom is 0.243 e. The van der Waals surface area contributed by atoms with Crippen molar-refractivity contribution in [1.82, 2.24) is 47.9 Å². The van der Waals surface area contributed by atoms with Crippen LogP contribution >= 0.6 is 0 Å². The van der Waals surface area contributed by atoms with Gasteiger partial charge in [-0.15, -0.1) is 0 Å². The zero-order chi connectivity index (χ0) is 59.7. The molecule has 10 amide bonds. The summed E-state index contributed by atoms with van der Waals surface area (Å²) in [6.07, 6.45) is 1.97. The van der Waals surface area contributed by atoms with Crippen molar-refractivity contribution in [2.24, 2.45) is 56.2 Å². The van der Waals surface area contributed by atoms with Gasteiger partial charge >= 0.3 is 0 Å². The molecule has 80 heavy (non-hydrogen) atoms. The maximum atomic E-state index is 14.5. The summed E-state index contributed by atoms with van der Waals surface area (Å²) in [7, 11) is 0. The molecule has 21 N–H and O–H groups in total. The summed E-state index contributed by atoms with van der Waals surface area (Å²) in [5.74, 6) is -8.18. The Morgan fingerprint density at radius 3 is 1.32 bits per heavy atom. The van der Waals surface area contributed by atoms with E-state index in [0.29, 0.717) is 43.4 Å². The van der Waals surface area contributed by atoms with Crippen molar-refractivity contribution >= 4 is 71.0 Å². The highest BCUT2D eigenvalue weighted by molar-refractivity contribution is 5.98. The van der Waals surface area contributed by atoms with Crippen LogP contribution in [0.15, 0.2) is 70.6 Å². The fraction of sp³-hybridized carbons (Fsp3) is 0.547. The van der Waals surface area contributed by atoms with Gasteiger partial charge in [-0.05, 0) is 80.9 Å². The molecule has 7 atom stereocenters. The molecule has 0 bridgehead atoms. The number of unbranched alkanes of at least 4 members (excludes halogenated alkanes) is 1. The lowest BCUT2D eigenvalue weighted by atomic mass is 9.98. The number of hydrogen-bond acceptors (Lipinski definition) is 13. The van der Waals surface area contributed by atoms with Crippen LogP contribution in [-0.4, -0.2) is 146 Å². The quantitative estimate of drug-likeness (QED) is 0.0178. The molecule has 0 fully saturated rings. The first-order chi connectivity index (χ1) is 37.9. The molecule has 27 nitrogen and oxygen atoms in total. The molecule has 0 aliphatic carbocycles. The summed E-state index contributed by atoms with van der Waals surface area (Å²) in [6.45, 7) is 7.76. The van der Waals surface area contributed by atoms with Gasteiger partial charge in [-0.2, -0.15) is 0 Å². The van der Waals surface area contributed by atoms with Crippen molar-refractivity contribution in [3.63, 3.8) is 0 Å². The zero-order valence-electron chi connectivity index (χ0n) is 46.5. The van der Waals surface area contributed by atoms with E-state index >= 15 is 0 Å². The van der Waals surface area contributed by atoms with Crippen molar-refractivity contribution in [2.45, 2.75) is 141 Å². The van der Waals surface area contributed by atoms with Gasteiger partial charge in [-0.3, -0.25) is 57.9 Å². The lowest BCUT2D eigenvalue weighted by Gasteiger charge is -2.29. The van der Waals surface area contributed by atoms with Gasteiger partial charge in [-0.25, -0.2) is 0 Å². The Hall–Kier alpha value is -8.36. The molecular weight excluding hydrogens is 1030 g/mol. The first-order valence-corrected chi connectivity index (χ1v) is 26.7. The number of nitrogens with two attached hydrogens (primary N) is 6. The van der Waals surface area contributed by atoms with E-state index in [2.05, 4.69) is 57.8 Å². The second-order valence-corrected chi connectivity index (χ2v) is 19.9. The van der Waals surface area contributed by atoms with Gasteiger partial charge < -0.3 is 82.3 Å². The summed E-state index contributed by atoms with van der Waals surface area (Å²) in [5.41, 5.74) is 33.9. The third-order valence-electron chi connectivity index (χ3n) is 12.1. The van der Waals surface area contributed by atoms with Crippen LogP contribution in [0.1, 0.15) is 97.1 Å². The molecule has 2 aromatic carbocycles. The third kappa shape index (κ3) is 27.8. The van der Waals surface area contributed by atoms with Crippen LogP contribution in [0.4, 0.5) is 0 Å². The molecule has 0 aromatic heterocycles. The number of carbonyl (C=O) groups is 10. The number of hydrogen-bond donors (Lipinski definition) is 15. The zero-order valence-corrected chi connectivity index (χ0v) is 46.5. The average molecular weight is 1120 g/mol. The molecule has 0 aliphatic heterocycles. The number of carbonyl (C=O) groups excluding carboxylic acids is 10. The highest BCUT2D eigenvalue weighted by Gasteiger charge is 2.35. The summed E-state index contributed by atoms with van der Waals surface area (Å²) >= 11 is 0. The van der Waals surface area contributed by atoms with Crippen LogP contribution in [0, 0.1) is 11.8 Å². The van der Waals surface area contributed by atoms with E-state index in [4.69, 9.17) is 34.4 Å². The minimum Gasteiger partial charge on any atom is -0.370 e. The van der Waals surface area contributed by atoms with Crippen molar-refractivity contribution in [1.29, 1.82) is 0 Å². The van der Waals surface area contributed by atoms with Gasteiger partial charge in [0.2, 0.25) is 59.1 Å². The van der Waals surface area contributed by atoms with Crippen molar-refractivity contribution < 1.29 is 47.9 Å². The normalized spacial score (nSPS) is 13.5. The molecule has 27 heteroatoms. The minimum absolute atomic E-state index is 0.0342. The van der Waals surface area contributed by atoms with Crippen LogP contribution < -0.4 is 82.3 Å². The van der Waals surface area contributed by atoms with Gasteiger partial charge in [0.15, 0.2) is 11.9 Å². The smallest absolute Gasteiger partial charge is 0.243 e. The number of benzene rings is 2. The summed E-state index contributed by atoms with van der Waals surface area (Å²) < 4.78 is 0. The summed E-state index contributed by atoms with van der Waals surface area (Å²) in [6, 6.07) is 9.12. The highest BCUT2D eigenvalue weighted by Crippen LogP contribution is 2.13. The van der Waals surface area contributed by atoms with Crippen molar-refractivity contribution in [3.8, 4) is 0 Å². The fourth-order valence-electron chi connectivity index (χ4n) is 8.06. The maximum absolute atomic E-state index is 14.5. The van der Waals surface area contributed by atoms with E-state index < -0.39 is 120 Å². The van der Waals surface area contributed by atoms with E-state index in [1.54, 1.807) is 74.5 Å². The van der Waals surface area contributed by atoms with Crippen molar-refractivity contribution in [2.75, 3.05) is 32.7 Å². The molecular formula is C53H85N17O10. The topological polar surface area (TPSA) is 460 Å². The van der Waals surface area contributed by atoms with Crippen LogP contribution in [0.2, 0.25) is 0 Å². The number of aliphatic imine (C=N–C) groups is 2. The Bertz CT molecular complexity index is 2400. The predicted octanol–water partition coefficient (Wildman–Crippen LogP) is -3.46. The Morgan fingerprint density at radius 1 is 0.463 bits per heavy atom. The Balaban J connectivity index is 2.35. The number of nitrogens with zero attached hydrogens (tertiary/aromatic N) is 2. The summed E-state index contributed by atoms with van der Waals surface area (Å²) in [5, 5.41) is 23.7. The van der Waals surface area contributed by atoms with Crippen LogP contribution in [0.25, 0.3) is 0 Å². The van der Waals surface area contributed by atoms with Gasteiger partial charge in [-0.1, -0.05) is 88.4 Å². The molecule has 442 valence electrons. The van der Waals surface area contributed by atoms with E-state index in [1.165, 1.54) is 6.92 Å². The predicted molar refractivity (Wildman–Crippen MR) is 302 cm³/mol. The van der Waals surface area contributed by atoms with Gasteiger partial charge in [0.05, 0.1) is 13.1 Å². The summed E-state index contributed by atoms with van der Waals surface area (Å²) in [4.78, 5) is 142. The second kappa shape index (κ2) is 36.7. The van der Waals surface area contributed by atoms with E-state index in [1.807, 2.05) is 13.8 Å². The number of guanidine groups is 2. The Kier molecular flexibility index (Phi) is 31.1. The second-order valence-electron chi connectivity index (χ2n) is 19.9. The largest absolute Gasteiger partial charge is 0.370 e. The SMILES string of the molecule is CC(=O)N[C@@H](CCCN=C(N)N)C(=O)NCC(=O)N[C@@H](Cc1ccccc1)C(=O)N[C@@H](Cc1ccccc1)C(=O)N[C@H](C(=O)N[C@H](CC(C)C)C(=O)N[C@@H](CCCCN)C(=O)NCC(=O)N[C@@H](CCCN=C(N)N)C(N)=O)C(C)C. The minimum atomic E-state index is -1.33. The van der Waals surface area contributed by atoms with E-state index in [-0.39, 0.29) is 69.5 Å². The van der Waals surface area contributed by atoms with E-state index in [0.717, 1.165) is 0 Å². The molecule has 0 spiro atoms. The van der Waals surface area contributed by atoms with Gasteiger partial charge in [0.25, 0.3) is 0 Å². The number of nitrogens with one attached hydrogen (secondary N) is 9. The molecule has 0 heterocycles. The first-order valence-electron chi connectivity index (χ1n) is 26.7. The lowest BCUT2D eigenvalue weighted by molar-refractivity contribution is -0.136. The first kappa shape index (κ1) is 67.7. The molecule has 0 radical (unpaired) electrons.